The molecular weight excluding hydrogens is 427 g/mol. The van der Waals surface area contributed by atoms with Gasteiger partial charge in [-0.1, -0.05) is 59.4 Å². The highest BCUT2D eigenvalue weighted by molar-refractivity contribution is 7.98. The van der Waals surface area contributed by atoms with Crippen molar-refractivity contribution in [2.45, 2.75) is 37.0 Å². The molecule has 4 aromatic rings. The third-order valence-electron chi connectivity index (χ3n) is 4.56. The quantitative estimate of drug-likeness (QED) is 0.362. The molecule has 0 unspecified atom stereocenters. The number of halogens is 3. The maximum absolute atomic E-state index is 12.9. The highest BCUT2D eigenvalue weighted by atomic mass is 32.2. The Bertz CT molecular complexity index is 1160. The van der Waals surface area contributed by atoms with E-state index in [1.807, 2.05) is 41.8 Å². The Balaban J connectivity index is 1.46. The monoisotopic (exact) mass is 445 g/mol. The molecule has 0 radical (unpaired) electrons. The smallest absolute Gasteiger partial charge is 0.338 e. The topological polar surface area (TPSA) is 69.6 Å². The van der Waals surface area contributed by atoms with E-state index in [2.05, 4.69) is 20.3 Å². The van der Waals surface area contributed by atoms with Crippen LogP contribution in [-0.2, 0) is 24.9 Å². The van der Waals surface area contributed by atoms with Gasteiger partial charge >= 0.3 is 6.18 Å². The average molecular weight is 445 g/mol. The summed E-state index contributed by atoms with van der Waals surface area (Å²) in [5, 5.41) is 13.1. The molecule has 10 heteroatoms. The molecule has 0 aliphatic carbocycles. The van der Waals surface area contributed by atoms with E-state index in [9.17, 15) is 13.2 Å². The van der Waals surface area contributed by atoms with E-state index < -0.39 is 11.7 Å². The van der Waals surface area contributed by atoms with Crippen LogP contribution < -0.4 is 0 Å². The lowest BCUT2D eigenvalue weighted by atomic mass is 10.1. The zero-order valence-electron chi connectivity index (χ0n) is 16.5. The molecule has 2 aromatic heterocycles. The fourth-order valence-corrected chi connectivity index (χ4v) is 3.90. The van der Waals surface area contributed by atoms with Crippen molar-refractivity contribution in [1.29, 1.82) is 0 Å². The predicted molar refractivity (Wildman–Crippen MR) is 109 cm³/mol. The Hall–Kier alpha value is -3.14. The molecule has 0 spiro atoms. The van der Waals surface area contributed by atoms with Gasteiger partial charge in [0.2, 0.25) is 11.7 Å². The summed E-state index contributed by atoms with van der Waals surface area (Å²) >= 11 is 1.39. The largest absolute Gasteiger partial charge is 0.416 e. The van der Waals surface area contributed by atoms with Crippen molar-refractivity contribution in [2.75, 3.05) is 0 Å². The molecule has 4 rings (SSSR count). The van der Waals surface area contributed by atoms with Crippen LogP contribution >= 0.6 is 11.8 Å². The standard InChI is InChI=1S/C21H18F3N5OS/c1-2-29-17(11-14-7-4-3-5-8-14)26-27-20(29)31-13-18-25-19(28-30-18)15-9-6-10-16(12-15)21(22,23)24/h3-10,12H,2,11,13H2,1H3. The van der Waals surface area contributed by atoms with Gasteiger partial charge in [-0.2, -0.15) is 18.2 Å². The Morgan fingerprint density at radius 3 is 2.58 bits per heavy atom. The number of nitrogens with zero attached hydrogens (tertiary/aromatic N) is 5. The van der Waals surface area contributed by atoms with Gasteiger partial charge in [0, 0.05) is 18.5 Å². The number of hydrogen-bond donors (Lipinski definition) is 0. The number of alkyl halides is 3. The third-order valence-corrected chi connectivity index (χ3v) is 5.51. The molecule has 6 nitrogen and oxygen atoms in total. The average Bonchev–Trinajstić information content (AvgIpc) is 3.39. The Labute approximate surface area is 180 Å². The summed E-state index contributed by atoms with van der Waals surface area (Å²) < 4.78 is 46.0. The summed E-state index contributed by atoms with van der Waals surface area (Å²) in [5.74, 6) is 1.59. The fraction of sp³-hybridized carbons (Fsp3) is 0.238. The van der Waals surface area contributed by atoms with Crippen LogP contribution in [0.2, 0.25) is 0 Å². The normalized spacial score (nSPS) is 11.7. The van der Waals surface area contributed by atoms with Gasteiger partial charge in [0.1, 0.15) is 5.82 Å². The number of aromatic nitrogens is 5. The Kier molecular flexibility index (Phi) is 6.08. The molecule has 0 amide bonds. The molecule has 31 heavy (non-hydrogen) atoms. The minimum Gasteiger partial charge on any atom is -0.338 e. The molecule has 2 heterocycles. The highest BCUT2D eigenvalue weighted by Crippen LogP contribution is 2.31. The zero-order chi connectivity index (χ0) is 21.8. The maximum atomic E-state index is 12.9. The van der Waals surface area contributed by atoms with Gasteiger partial charge in [0.25, 0.3) is 0 Å². The molecule has 160 valence electrons. The second kappa shape index (κ2) is 8.93. The van der Waals surface area contributed by atoms with Crippen LogP contribution in [0, 0.1) is 0 Å². The van der Waals surface area contributed by atoms with Crippen LogP contribution in [0.4, 0.5) is 13.2 Å². The molecular formula is C21H18F3N5OS. The molecule has 2 aromatic carbocycles. The van der Waals surface area contributed by atoms with E-state index in [0.29, 0.717) is 29.8 Å². The van der Waals surface area contributed by atoms with Crippen LogP contribution in [0.1, 0.15) is 29.8 Å². The van der Waals surface area contributed by atoms with Crippen molar-refractivity contribution >= 4 is 11.8 Å². The zero-order valence-corrected chi connectivity index (χ0v) is 17.3. The predicted octanol–water partition coefficient (Wildman–Crippen LogP) is 5.25. The van der Waals surface area contributed by atoms with E-state index in [4.69, 9.17) is 4.52 Å². The molecule has 0 saturated carbocycles. The van der Waals surface area contributed by atoms with Crippen LogP contribution in [-0.4, -0.2) is 24.9 Å². The lowest BCUT2D eigenvalue weighted by molar-refractivity contribution is -0.137. The molecule has 0 aliphatic rings. The van der Waals surface area contributed by atoms with Gasteiger partial charge in [-0.15, -0.1) is 10.2 Å². The first-order valence-electron chi connectivity index (χ1n) is 9.53. The minimum atomic E-state index is -4.43. The molecule has 0 aliphatic heterocycles. The van der Waals surface area contributed by atoms with Crippen LogP contribution in [0.25, 0.3) is 11.4 Å². The second-order valence-electron chi connectivity index (χ2n) is 6.68. The lowest BCUT2D eigenvalue weighted by Gasteiger charge is -2.06. The van der Waals surface area contributed by atoms with Gasteiger partial charge in [-0.3, -0.25) is 0 Å². The van der Waals surface area contributed by atoms with Crippen molar-refractivity contribution in [1.82, 2.24) is 24.9 Å². The Morgan fingerprint density at radius 1 is 1.03 bits per heavy atom. The van der Waals surface area contributed by atoms with Gasteiger partial charge in [-0.25, -0.2) is 0 Å². The summed E-state index contributed by atoms with van der Waals surface area (Å²) in [6.45, 7) is 2.72. The first kappa shape index (κ1) is 21.1. The molecule has 0 saturated heterocycles. The van der Waals surface area contributed by atoms with E-state index in [1.54, 1.807) is 0 Å². The molecule has 0 fully saturated rings. The van der Waals surface area contributed by atoms with Crippen molar-refractivity contribution in [2.24, 2.45) is 0 Å². The molecule has 0 atom stereocenters. The summed E-state index contributed by atoms with van der Waals surface area (Å²) in [6.07, 6.45) is -3.76. The summed E-state index contributed by atoms with van der Waals surface area (Å²) in [6, 6.07) is 14.8. The van der Waals surface area contributed by atoms with E-state index in [-0.39, 0.29) is 11.4 Å². The Morgan fingerprint density at radius 2 is 1.84 bits per heavy atom. The van der Waals surface area contributed by atoms with Crippen LogP contribution in [0.3, 0.4) is 0 Å². The van der Waals surface area contributed by atoms with E-state index >= 15 is 0 Å². The SMILES string of the molecule is CCn1c(Cc2ccccc2)nnc1SCc1nc(-c2cccc(C(F)(F)F)c2)no1. The number of rotatable bonds is 7. The molecule has 0 N–H and O–H groups in total. The van der Waals surface area contributed by atoms with Crippen molar-refractivity contribution in [3.63, 3.8) is 0 Å². The van der Waals surface area contributed by atoms with E-state index in [0.717, 1.165) is 23.5 Å². The van der Waals surface area contributed by atoms with Gasteiger partial charge in [0.05, 0.1) is 11.3 Å². The maximum Gasteiger partial charge on any atom is 0.416 e. The number of thioether (sulfide) groups is 1. The minimum absolute atomic E-state index is 0.114. The third kappa shape index (κ3) is 4.96. The summed E-state index contributed by atoms with van der Waals surface area (Å²) in [4.78, 5) is 4.23. The van der Waals surface area contributed by atoms with Crippen molar-refractivity contribution in [3.05, 3.63) is 77.4 Å². The first-order chi connectivity index (χ1) is 14.9. The van der Waals surface area contributed by atoms with Crippen LogP contribution in [0.5, 0.6) is 0 Å². The molecule has 0 bridgehead atoms. The second-order valence-corrected chi connectivity index (χ2v) is 7.63. The summed E-state index contributed by atoms with van der Waals surface area (Å²) in [7, 11) is 0. The van der Waals surface area contributed by atoms with Gasteiger partial charge in [0.15, 0.2) is 5.16 Å². The fourth-order valence-electron chi connectivity index (χ4n) is 3.04. The lowest BCUT2D eigenvalue weighted by Crippen LogP contribution is -2.04. The number of benzene rings is 2. The highest BCUT2D eigenvalue weighted by Gasteiger charge is 2.30. The van der Waals surface area contributed by atoms with E-state index in [1.165, 1.54) is 23.9 Å². The van der Waals surface area contributed by atoms with Gasteiger partial charge in [-0.05, 0) is 24.6 Å². The number of hydrogen-bond acceptors (Lipinski definition) is 6. The first-order valence-corrected chi connectivity index (χ1v) is 10.5. The van der Waals surface area contributed by atoms with Crippen LogP contribution in [0.15, 0.2) is 64.3 Å². The summed E-state index contributed by atoms with van der Waals surface area (Å²) in [5.41, 5.74) is 0.633. The van der Waals surface area contributed by atoms with Crippen molar-refractivity contribution in [3.8, 4) is 11.4 Å². The van der Waals surface area contributed by atoms with Gasteiger partial charge < -0.3 is 9.09 Å². The van der Waals surface area contributed by atoms with Crippen molar-refractivity contribution < 1.29 is 17.7 Å².